The second kappa shape index (κ2) is 15.0. The molecule has 1 heterocycles. The number of rotatable bonds is 6. The summed E-state index contributed by atoms with van der Waals surface area (Å²) in [6.45, 7) is 4.23. The molecule has 1 saturated carbocycles. The SMILES string of the molecule is CC=C1CCCC1=CC(C#Cc1ccc2c3ccc(/C=C/C)cc3n(C)c2c1)=C([C]#[Os])[P+](c1ccccc1)(c1ccccc1)c1ccccc1. The average molecular weight is 840 g/mol. The number of aromatic nitrogens is 1. The van der Waals surface area contributed by atoms with Crippen molar-refractivity contribution in [2.24, 2.45) is 7.05 Å². The molecule has 0 unspecified atom stereocenters. The molecule has 0 saturated heterocycles. The predicted octanol–water partition coefficient (Wildman–Crippen LogP) is 10.5. The monoisotopic (exact) mass is 841 g/mol. The molecule has 1 fully saturated rings. The van der Waals surface area contributed by atoms with Crippen molar-refractivity contribution in [2.45, 2.75) is 33.1 Å². The van der Waals surface area contributed by atoms with Crippen molar-refractivity contribution >= 4 is 51.1 Å². The third kappa shape index (κ3) is 6.24. The van der Waals surface area contributed by atoms with E-state index < -0.39 is 7.26 Å². The number of allylic oxidation sites excluding steroid dienone is 7. The quantitative estimate of drug-likeness (QED) is 0.116. The summed E-state index contributed by atoms with van der Waals surface area (Å²) in [4.78, 5) is 0. The van der Waals surface area contributed by atoms with Gasteiger partial charge in [0.05, 0.1) is 0 Å². The molecule has 1 aliphatic rings. The third-order valence-corrected chi connectivity index (χ3v) is 15.2. The molecule has 245 valence electrons. The Balaban J connectivity index is 1.52. The summed E-state index contributed by atoms with van der Waals surface area (Å²) < 4.78 is 6.14. The number of benzene rings is 5. The van der Waals surface area contributed by atoms with Gasteiger partial charge in [0, 0.05) is 0 Å². The van der Waals surface area contributed by atoms with Crippen LogP contribution in [0.5, 0.6) is 0 Å². The summed E-state index contributed by atoms with van der Waals surface area (Å²) in [5, 5.41) is 7.61. The Morgan fingerprint density at radius 1 is 0.700 bits per heavy atom. The van der Waals surface area contributed by atoms with Crippen LogP contribution in [0.3, 0.4) is 0 Å². The van der Waals surface area contributed by atoms with Crippen molar-refractivity contribution in [2.75, 3.05) is 0 Å². The molecule has 0 bridgehead atoms. The zero-order valence-corrected chi connectivity index (χ0v) is 32.2. The Hall–Kier alpha value is -4.73. The van der Waals surface area contributed by atoms with Gasteiger partial charge in [-0.1, -0.05) is 12.2 Å². The summed E-state index contributed by atoms with van der Waals surface area (Å²) >= 11 is 1.82. The Kier molecular flexibility index (Phi) is 10.1. The molecule has 1 aliphatic carbocycles. The van der Waals surface area contributed by atoms with E-state index in [0.717, 1.165) is 24.0 Å². The first-order valence-electron chi connectivity index (χ1n) is 17.3. The van der Waals surface area contributed by atoms with Crippen LogP contribution >= 0.6 is 7.26 Å². The molecule has 3 heteroatoms. The van der Waals surface area contributed by atoms with Crippen LogP contribution in [0.25, 0.3) is 27.9 Å². The summed E-state index contributed by atoms with van der Waals surface area (Å²) in [5.41, 5.74) is 8.51. The van der Waals surface area contributed by atoms with Crippen LogP contribution in [0.15, 0.2) is 168 Å². The van der Waals surface area contributed by atoms with Crippen LogP contribution in [-0.2, 0) is 25.0 Å². The maximum atomic E-state index is 3.83. The molecule has 0 amide bonds. The molecule has 1 aromatic heterocycles. The van der Waals surface area contributed by atoms with E-state index in [1.807, 2.05) is 17.9 Å². The number of nitrogens with zero attached hydrogens (tertiary/aromatic N) is 1. The van der Waals surface area contributed by atoms with Gasteiger partial charge in [-0.2, -0.15) is 0 Å². The zero-order chi connectivity index (χ0) is 34.5. The Morgan fingerprint density at radius 2 is 1.26 bits per heavy atom. The van der Waals surface area contributed by atoms with Crippen molar-refractivity contribution in [1.29, 1.82) is 0 Å². The third-order valence-electron chi connectivity index (χ3n) is 9.81. The van der Waals surface area contributed by atoms with E-state index in [1.165, 1.54) is 66.2 Å². The van der Waals surface area contributed by atoms with E-state index in [2.05, 4.69) is 193 Å². The van der Waals surface area contributed by atoms with Gasteiger partial charge in [-0.15, -0.1) is 0 Å². The van der Waals surface area contributed by atoms with E-state index in [4.69, 9.17) is 0 Å². The number of hydrogen-bond donors (Lipinski definition) is 0. The van der Waals surface area contributed by atoms with E-state index in [9.17, 15) is 0 Å². The second-order valence-corrected chi connectivity index (χ2v) is 16.7. The predicted molar refractivity (Wildman–Crippen MR) is 214 cm³/mol. The van der Waals surface area contributed by atoms with Crippen molar-refractivity contribution < 1.29 is 17.9 Å². The number of fused-ring (bicyclic) bond motifs is 3. The molecule has 0 aliphatic heterocycles. The van der Waals surface area contributed by atoms with Gasteiger partial charge in [0.2, 0.25) is 0 Å². The van der Waals surface area contributed by atoms with Crippen LogP contribution in [0.1, 0.15) is 44.2 Å². The van der Waals surface area contributed by atoms with Gasteiger partial charge in [0.15, 0.2) is 0 Å². The maximum absolute atomic E-state index is 3.83. The van der Waals surface area contributed by atoms with E-state index in [-0.39, 0.29) is 0 Å². The first-order valence-corrected chi connectivity index (χ1v) is 20.3. The Morgan fingerprint density at radius 3 is 1.82 bits per heavy atom. The second-order valence-electron chi connectivity index (χ2n) is 12.7. The first kappa shape index (κ1) is 33.7. The molecule has 0 N–H and O–H groups in total. The first-order chi connectivity index (χ1) is 24.6. The van der Waals surface area contributed by atoms with Crippen LogP contribution in [0.2, 0.25) is 0 Å². The molecule has 0 atom stereocenters. The van der Waals surface area contributed by atoms with E-state index in [0.29, 0.717) is 0 Å². The van der Waals surface area contributed by atoms with Gasteiger partial charge in [0.25, 0.3) is 0 Å². The standard InChI is InChI=1S/C47H40NP.Os/c1-5-17-36-27-30-44-45-31-28-37(33-47(45)48(4)46(44)32-36)26-29-39(34-40-19-16-18-38(40)6-2)35(3)49(41-20-10-7-11-21-41,42-22-12-8-13-23-42)43-24-14-9-15-25-43;/h5-15,17,20-25,27-28,30-34H,16,18-19H2,1-2,4H3;/q+1;/b17-5+,38-6?,39-35?,40-34?;. The molecule has 6 aromatic rings. The van der Waals surface area contributed by atoms with E-state index in [1.54, 1.807) is 0 Å². The minimum atomic E-state index is -2.40. The molecule has 7 rings (SSSR count). The van der Waals surface area contributed by atoms with Gasteiger partial charge in [-0.25, -0.2) is 0 Å². The van der Waals surface area contributed by atoms with Crippen LogP contribution in [0.4, 0.5) is 0 Å². The molecular weight excluding hydrogens is 800 g/mol. The van der Waals surface area contributed by atoms with E-state index >= 15 is 0 Å². The van der Waals surface area contributed by atoms with Crippen molar-refractivity contribution in [1.82, 2.24) is 4.57 Å². The summed E-state index contributed by atoms with van der Waals surface area (Å²) in [6.07, 6.45) is 12.3. The summed E-state index contributed by atoms with van der Waals surface area (Å²) in [6, 6.07) is 46.6. The molecule has 50 heavy (non-hydrogen) atoms. The van der Waals surface area contributed by atoms with Gasteiger partial charge in [-0.05, 0) is 6.92 Å². The topological polar surface area (TPSA) is 4.93 Å². The van der Waals surface area contributed by atoms with Crippen LogP contribution in [0, 0.1) is 16.2 Å². The molecule has 5 aromatic carbocycles. The number of aryl methyl sites for hydroxylation is 1. The van der Waals surface area contributed by atoms with Gasteiger partial charge >= 0.3 is 290 Å². The minimum absolute atomic E-state index is 1.01. The average Bonchev–Trinajstić information content (AvgIpc) is 3.74. The fourth-order valence-corrected chi connectivity index (χ4v) is 13.2. The molecule has 0 spiro atoms. The zero-order valence-electron chi connectivity index (χ0n) is 28.8. The summed E-state index contributed by atoms with van der Waals surface area (Å²) in [7, 11) is -0.243. The van der Waals surface area contributed by atoms with Crippen LogP contribution in [-0.4, -0.2) is 4.57 Å². The van der Waals surface area contributed by atoms with Crippen molar-refractivity contribution in [3.63, 3.8) is 0 Å². The number of hydrogen-bond acceptors (Lipinski definition) is 0. The fraction of sp³-hybridized carbons (Fsp3) is 0.128. The van der Waals surface area contributed by atoms with Crippen molar-refractivity contribution in [3.05, 3.63) is 179 Å². The molecular formula is C47H40NOsP+. The van der Waals surface area contributed by atoms with Crippen LogP contribution < -0.4 is 15.9 Å². The summed E-state index contributed by atoms with van der Waals surface area (Å²) in [5.74, 6) is 7.47. The molecule has 0 radical (unpaired) electrons. The van der Waals surface area contributed by atoms with Gasteiger partial charge in [0.1, 0.15) is 0 Å². The van der Waals surface area contributed by atoms with Gasteiger partial charge < -0.3 is 0 Å². The molecule has 1 nitrogen and oxygen atoms in total. The Bertz CT molecular complexity index is 2330. The normalized spacial score (nSPS) is 15.4. The van der Waals surface area contributed by atoms with Gasteiger partial charge in [-0.3, -0.25) is 0 Å². The fourth-order valence-electron chi connectivity index (χ4n) is 7.43. The van der Waals surface area contributed by atoms with Crippen molar-refractivity contribution in [3.8, 4) is 16.2 Å². The Labute approximate surface area is 307 Å².